The average Bonchev–Trinajstić information content (AvgIpc) is 2.44. The molecular formula is C12H20. The summed E-state index contributed by atoms with van der Waals surface area (Å²) in [6.07, 6.45) is 8.70. The zero-order valence-electron chi connectivity index (χ0n) is 8.40. The summed E-state index contributed by atoms with van der Waals surface area (Å²) in [7, 11) is 0. The molecule has 1 saturated carbocycles. The molecule has 0 bridgehead atoms. The molecule has 2 unspecified atom stereocenters. The maximum atomic E-state index is 2.44. The van der Waals surface area contributed by atoms with Gasteiger partial charge in [-0.05, 0) is 44.4 Å². The molecule has 12 heavy (non-hydrogen) atoms. The first-order valence-corrected chi connectivity index (χ1v) is 5.45. The second-order valence-corrected chi connectivity index (χ2v) is 4.76. The van der Waals surface area contributed by atoms with Crippen LogP contribution in [0.2, 0.25) is 0 Å². The Morgan fingerprint density at radius 2 is 2.08 bits per heavy atom. The minimum Gasteiger partial charge on any atom is -0.0738 e. The monoisotopic (exact) mass is 164 g/mol. The molecule has 68 valence electrons. The summed E-state index contributed by atoms with van der Waals surface area (Å²) in [4.78, 5) is 0. The molecule has 2 aliphatic rings. The van der Waals surface area contributed by atoms with Crippen LogP contribution < -0.4 is 0 Å². The van der Waals surface area contributed by atoms with E-state index in [-0.39, 0.29) is 0 Å². The van der Waals surface area contributed by atoms with Crippen LogP contribution in [0.4, 0.5) is 0 Å². The van der Waals surface area contributed by atoms with Crippen molar-refractivity contribution < 1.29 is 0 Å². The van der Waals surface area contributed by atoms with Crippen molar-refractivity contribution in [3.05, 3.63) is 11.1 Å². The normalized spacial score (nSPS) is 35.5. The van der Waals surface area contributed by atoms with Gasteiger partial charge in [0.25, 0.3) is 0 Å². The quantitative estimate of drug-likeness (QED) is 0.543. The van der Waals surface area contributed by atoms with Crippen LogP contribution in [0.5, 0.6) is 0 Å². The smallest absolute Gasteiger partial charge is 0.0280 e. The Bertz CT molecular complexity index is 200. The van der Waals surface area contributed by atoms with Gasteiger partial charge in [0.2, 0.25) is 0 Å². The largest absolute Gasteiger partial charge is 0.0738 e. The van der Waals surface area contributed by atoms with Crippen molar-refractivity contribution in [2.24, 2.45) is 11.8 Å². The molecule has 0 aromatic carbocycles. The molecule has 0 radical (unpaired) electrons. The molecule has 0 heterocycles. The second kappa shape index (κ2) is 3.24. The van der Waals surface area contributed by atoms with Gasteiger partial charge in [0.1, 0.15) is 0 Å². The number of hydrogen-bond donors (Lipinski definition) is 0. The Hall–Kier alpha value is -0.260. The van der Waals surface area contributed by atoms with Gasteiger partial charge in [0.05, 0.1) is 0 Å². The number of allylic oxidation sites excluding steroid dienone is 2. The molecule has 2 rings (SSSR count). The van der Waals surface area contributed by atoms with E-state index in [4.69, 9.17) is 0 Å². The SMILES string of the molecule is CC1=C(CC2CCCC2C)CC1. The summed E-state index contributed by atoms with van der Waals surface area (Å²) in [6, 6.07) is 0. The minimum absolute atomic E-state index is 1.01. The molecule has 0 saturated heterocycles. The van der Waals surface area contributed by atoms with Crippen molar-refractivity contribution in [2.75, 3.05) is 0 Å². The molecule has 0 spiro atoms. The lowest BCUT2D eigenvalue weighted by Gasteiger charge is -2.25. The highest BCUT2D eigenvalue weighted by Gasteiger charge is 2.26. The first-order valence-electron chi connectivity index (χ1n) is 5.45. The van der Waals surface area contributed by atoms with Gasteiger partial charge in [-0.2, -0.15) is 0 Å². The van der Waals surface area contributed by atoms with E-state index in [9.17, 15) is 0 Å². The summed E-state index contributed by atoms with van der Waals surface area (Å²) in [6.45, 7) is 4.75. The van der Waals surface area contributed by atoms with Gasteiger partial charge in [0.15, 0.2) is 0 Å². The van der Waals surface area contributed by atoms with Gasteiger partial charge < -0.3 is 0 Å². The van der Waals surface area contributed by atoms with Gasteiger partial charge in [-0.1, -0.05) is 30.9 Å². The summed E-state index contributed by atoms with van der Waals surface area (Å²) >= 11 is 0. The van der Waals surface area contributed by atoms with Crippen LogP contribution in [0.1, 0.15) is 52.4 Å². The van der Waals surface area contributed by atoms with Crippen molar-refractivity contribution in [2.45, 2.75) is 52.4 Å². The minimum atomic E-state index is 1.01. The number of hydrogen-bond acceptors (Lipinski definition) is 0. The molecular weight excluding hydrogens is 144 g/mol. The molecule has 0 nitrogen and oxygen atoms in total. The van der Waals surface area contributed by atoms with Gasteiger partial charge in [-0.15, -0.1) is 0 Å². The van der Waals surface area contributed by atoms with Crippen molar-refractivity contribution in [3.8, 4) is 0 Å². The predicted molar refractivity (Wildman–Crippen MR) is 53.1 cm³/mol. The van der Waals surface area contributed by atoms with Crippen LogP contribution in [0.3, 0.4) is 0 Å². The van der Waals surface area contributed by atoms with Gasteiger partial charge in [0, 0.05) is 0 Å². The van der Waals surface area contributed by atoms with E-state index in [0.717, 1.165) is 11.8 Å². The lowest BCUT2D eigenvalue weighted by Crippen LogP contribution is -2.10. The summed E-state index contributed by atoms with van der Waals surface area (Å²) < 4.78 is 0. The predicted octanol–water partition coefficient (Wildman–Crippen LogP) is 3.92. The van der Waals surface area contributed by atoms with E-state index < -0.39 is 0 Å². The highest BCUT2D eigenvalue weighted by molar-refractivity contribution is 5.22. The molecule has 0 heteroatoms. The maximum absolute atomic E-state index is 2.44. The standard InChI is InChI=1S/C12H20/c1-9-4-3-5-11(9)8-12-7-6-10(12)2/h9,11H,3-8H2,1-2H3. The Kier molecular flexibility index (Phi) is 2.25. The molecule has 2 atom stereocenters. The van der Waals surface area contributed by atoms with E-state index in [0.29, 0.717) is 0 Å². The summed E-state index contributed by atoms with van der Waals surface area (Å²) in [5.41, 5.74) is 3.50. The van der Waals surface area contributed by atoms with Crippen molar-refractivity contribution in [1.82, 2.24) is 0 Å². The van der Waals surface area contributed by atoms with Crippen molar-refractivity contribution in [3.63, 3.8) is 0 Å². The fourth-order valence-electron chi connectivity index (χ4n) is 2.67. The van der Waals surface area contributed by atoms with Crippen molar-refractivity contribution >= 4 is 0 Å². The zero-order valence-corrected chi connectivity index (χ0v) is 8.40. The molecule has 0 N–H and O–H groups in total. The van der Waals surface area contributed by atoms with Gasteiger partial charge >= 0.3 is 0 Å². The highest BCUT2D eigenvalue weighted by atomic mass is 14.3. The Morgan fingerprint density at radius 1 is 1.25 bits per heavy atom. The van der Waals surface area contributed by atoms with Crippen LogP contribution in [-0.4, -0.2) is 0 Å². The van der Waals surface area contributed by atoms with Crippen LogP contribution in [0.15, 0.2) is 11.1 Å². The molecule has 2 aliphatic carbocycles. The fourth-order valence-corrected chi connectivity index (χ4v) is 2.67. The molecule has 0 amide bonds. The first-order chi connectivity index (χ1) is 5.77. The van der Waals surface area contributed by atoms with Crippen LogP contribution in [0.25, 0.3) is 0 Å². The van der Waals surface area contributed by atoms with E-state index in [1.807, 2.05) is 0 Å². The summed E-state index contributed by atoms with van der Waals surface area (Å²) in [5.74, 6) is 2.04. The van der Waals surface area contributed by atoms with Crippen LogP contribution in [-0.2, 0) is 0 Å². The average molecular weight is 164 g/mol. The third kappa shape index (κ3) is 1.44. The Labute approximate surface area is 76.1 Å². The molecule has 1 fully saturated rings. The Balaban J connectivity index is 1.90. The van der Waals surface area contributed by atoms with Crippen molar-refractivity contribution in [1.29, 1.82) is 0 Å². The van der Waals surface area contributed by atoms with Crippen LogP contribution >= 0.6 is 0 Å². The highest BCUT2D eigenvalue weighted by Crippen LogP contribution is 2.40. The Morgan fingerprint density at radius 3 is 2.50 bits per heavy atom. The lowest BCUT2D eigenvalue weighted by molar-refractivity contribution is 0.404. The summed E-state index contributed by atoms with van der Waals surface area (Å²) in [5, 5.41) is 0. The fraction of sp³-hybridized carbons (Fsp3) is 0.833. The van der Waals surface area contributed by atoms with E-state index in [1.165, 1.54) is 38.5 Å². The third-order valence-corrected chi connectivity index (χ3v) is 3.95. The zero-order chi connectivity index (χ0) is 8.55. The van der Waals surface area contributed by atoms with E-state index in [1.54, 1.807) is 11.1 Å². The maximum Gasteiger partial charge on any atom is -0.0280 e. The first kappa shape index (κ1) is 8.34. The molecule has 0 aromatic rings. The second-order valence-electron chi connectivity index (χ2n) is 4.76. The lowest BCUT2D eigenvalue weighted by atomic mass is 9.81. The molecule has 0 aromatic heterocycles. The van der Waals surface area contributed by atoms with E-state index in [2.05, 4.69) is 13.8 Å². The van der Waals surface area contributed by atoms with Gasteiger partial charge in [-0.3, -0.25) is 0 Å². The molecule has 0 aliphatic heterocycles. The van der Waals surface area contributed by atoms with E-state index >= 15 is 0 Å². The topological polar surface area (TPSA) is 0 Å². The number of rotatable bonds is 2. The third-order valence-electron chi connectivity index (χ3n) is 3.95. The van der Waals surface area contributed by atoms with Gasteiger partial charge in [-0.25, -0.2) is 0 Å². The van der Waals surface area contributed by atoms with Crippen LogP contribution in [0, 0.1) is 11.8 Å².